The molecule has 0 saturated carbocycles. The zero-order valence-corrected chi connectivity index (χ0v) is 10.6. The van der Waals surface area contributed by atoms with Gasteiger partial charge in [0.15, 0.2) is 0 Å². The predicted octanol–water partition coefficient (Wildman–Crippen LogP) is 4.12. The van der Waals surface area contributed by atoms with Crippen molar-refractivity contribution in [3.8, 4) is 0 Å². The van der Waals surface area contributed by atoms with Gasteiger partial charge in [0.05, 0.1) is 21.8 Å². The Morgan fingerprint density at radius 2 is 2.11 bits per heavy atom. The number of rotatable bonds is 3. The summed E-state index contributed by atoms with van der Waals surface area (Å²) >= 11 is 1.36. The molecule has 0 aliphatic carbocycles. The first-order valence-electron chi connectivity index (χ1n) is 5.65. The van der Waals surface area contributed by atoms with E-state index in [1.807, 2.05) is 6.92 Å². The molecular formula is C12H13F3N2S. The average molecular weight is 274 g/mol. The monoisotopic (exact) mass is 274 g/mol. The maximum absolute atomic E-state index is 12.6. The molecule has 6 heteroatoms. The number of aromatic nitrogens is 1. The number of halogens is 3. The standard InChI is InChI=1S/C12H13F3N2S/c1-2-3-8(16)11-17-9-6-7(12(13,14)15)4-5-10(9)18-11/h4-6,8H,2-3,16H2,1H3. The predicted molar refractivity (Wildman–Crippen MR) is 66.5 cm³/mol. The SMILES string of the molecule is CCCC(N)c1nc2cc(C(F)(F)F)ccc2s1. The molecule has 1 atom stereocenters. The molecular weight excluding hydrogens is 261 g/mol. The smallest absolute Gasteiger partial charge is 0.322 e. The van der Waals surface area contributed by atoms with Gasteiger partial charge in [0, 0.05) is 0 Å². The van der Waals surface area contributed by atoms with Crippen molar-refractivity contribution >= 4 is 21.6 Å². The second kappa shape index (κ2) is 4.85. The highest BCUT2D eigenvalue weighted by Gasteiger charge is 2.30. The fourth-order valence-electron chi connectivity index (χ4n) is 1.71. The van der Waals surface area contributed by atoms with Crippen LogP contribution in [0.15, 0.2) is 18.2 Å². The quantitative estimate of drug-likeness (QED) is 0.914. The minimum absolute atomic E-state index is 0.193. The lowest BCUT2D eigenvalue weighted by atomic mass is 10.2. The molecule has 98 valence electrons. The van der Waals surface area contributed by atoms with Crippen LogP contribution in [0.25, 0.3) is 10.2 Å². The van der Waals surface area contributed by atoms with Crippen molar-refractivity contribution < 1.29 is 13.2 Å². The van der Waals surface area contributed by atoms with Crippen molar-refractivity contribution in [3.63, 3.8) is 0 Å². The van der Waals surface area contributed by atoms with Gasteiger partial charge in [-0.1, -0.05) is 13.3 Å². The molecule has 2 rings (SSSR count). The number of nitrogens with zero attached hydrogens (tertiary/aromatic N) is 1. The first-order valence-corrected chi connectivity index (χ1v) is 6.46. The molecule has 0 aliphatic heterocycles. The maximum atomic E-state index is 12.6. The van der Waals surface area contributed by atoms with E-state index in [2.05, 4.69) is 4.98 Å². The van der Waals surface area contributed by atoms with Crippen LogP contribution in [-0.4, -0.2) is 4.98 Å². The maximum Gasteiger partial charge on any atom is 0.416 e. The molecule has 0 aliphatic rings. The van der Waals surface area contributed by atoms with Crippen molar-refractivity contribution in [2.24, 2.45) is 5.73 Å². The van der Waals surface area contributed by atoms with E-state index in [1.165, 1.54) is 17.4 Å². The molecule has 0 radical (unpaired) electrons. The van der Waals surface area contributed by atoms with E-state index in [4.69, 9.17) is 5.73 Å². The number of hydrogen-bond donors (Lipinski definition) is 1. The Morgan fingerprint density at radius 1 is 1.39 bits per heavy atom. The first-order chi connectivity index (χ1) is 8.41. The molecule has 1 unspecified atom stereocenters. The molecule has 1 aromatic carbocycles. The van der Waals surface area contributed by atoms with Crippen LogP contribution < -0.4 is 5.73 Å². The normalized spacial score (nSPS) is 14.1. The highest BCUT2D eigenvalue weighted by Crippen LogP contribution is 2.34. The van der Waals surface area contributed by atoms with Crippen LogP contribution in [0.3, 0.4) is 0 Å². The zero-order chi connectivity index (χ0) is 13.3. The van der Waals surface area contributed by atoms with Gasteiger partial charge in [0.1, 0.15) is 5.01 Å². The summed E-state index contributed by atoms with van der Waals surface area (Å²) in [6.07, 6.45) is -2.62. The van der Waals surface area contributed by atoms with E-state index in [0.717, 1.165) is 29.7 Å². The van der Waals surface area contributed by atoms with Crippen LogP contribution >= 0.6 is 11.3 Å². The van der Waals surface area contributed by atoms with E-state index in [-0.39, 0.29) is 6.04 Å². The Hall–Kier alpha value is -1.14. The van der Waals surface area contributed by atoms with Gasteiger partial charge < -0.3 is 5.73 Å². The summed E-state index contributed by atoms with van der Waals surface area (Å²) in [6, 6.07) is 3.42. The van der Waals surface area contributed by atoms with Crippen molar-refractivity contribution in [2.45, 2.75) is 32.0 Å². The summed E-state index contributed by atoms with van der Waals surface area (Å²) in [5.41, 5.74) is 5.62. The largest absolute Gasteiger partial charge is 0.416 e. The van der Waals surface area contributed by atoms with Gasteiger partial charge in [-0.05, 0) is 24.6 Å². The molecule has 2 nitrogen and oxygen atoms in total. The molecule has 1 aromatic heterocycles. The second-order valence-electron chi connectivity index (χ2n) is 4.13. The minimum atomic E-state index is -4.33. The Balaban J connectivity index is 2.40. The first kappa shape index (κ1) is 13.3. The molecule has 0 bridgehead atoms. The highest BCUT2D eigenvalue weighted by molar-refractivity contribution is 7.18. The Morgan fingerprint density at radius 3 is 2.72 bits per heavy atom. The van der Waals surface area contributed by atoms with E-state index < -0.39 is 11.7 Å². The fourth-order valence-corrected chi connectivity index (χ4v) is 2.70. The lowest BCUT2D eigenvalue weighted by Gasteiger charge is -2.05. The van der Waals surface area contributed by atoms with E-state index in [9.17, 15) is 13.2 Å². The molecule has 0 amide bonds. The molecule has 2 aromatic rings. The summed E-state index contributed by atoms with van der Waals surface area (Å²) in [6.45, 7) is 2.01. The molecule has 1 heterocycles. The lowest BCUT2D eigenvalue weighted by molar-refractivity contribution is -0.137. The number of fused-ring (bicyclic) bond motifs is 1. The Bertz CT molecular complexity index is 548. The van der Waals surface area contributed by atoms with Crippen molar-refractivity contribution in [1.29, 1.82) is 0 Å². The number of alkyl halides is 3. The van der Waals surface area contributed by atoms with Gasteiger partial charge in [-0.3, -0.25) is 0 Å². The summed E-state index contributed by atoms with van der Waals surface area (Å²) < 4.78 is 38.4. The highest BCUT2D eigenvalue weighted by atomic mass is 32.1. The van der Waals surface area contributed by atoms with Gasteiger partial charge in [0.2, 0.25) is 0 Å². The summed E-state index contributed by atoms with van der Waals surface area (Å²) in [7, 11) is 0. The Labute approximate surface area is 107 Å². The number of benzene rings is 1. The second-order valence-corrected chi connectivity index (χ2v) is 5.19. The summed E-state index contributed by atoms with van der Waals surface area (Å²) in [5.74, 6) is 0. The van der Waals surface area contributed by atoms with Crippen molar-refractivity contribution in [2.75, 3.05) is 0 Å². The van der Waals surface area contributed by atoms with Crippen LogP contribution in [0.5, 0.6) is 0 Å². The van der Waals surface area contributed by atoms with Crippen LogP contribution in [0.1, 0.15) is 36.4 Å². The summed E-state index contributed by atoms with van der Waals surface area (Å²) in [5, 5.41) is 0.700. The fraction of sp³-hybridized carbons (Fsp3) is 0.417. The zero-order valence-electron chi connectivity index (χ0n) is 9.79. The van der Waals surface area contributed by atoms with Crippen LogP contribution in [0.4, 0.5) is 13.2 Å². The van der Waals surface area contributed by atoms with Crippen molar-refractivity contribution in [3.05, 3.63) is 28.8 Å². The lowest BCUT2D eigenvalue weighted by Crippen LogP contribution is -2.08. The third kappa shape index (κ3) is 2.64. The van der Waals surface area contributed by atoms with Crippen LogP contribution in [0.2, 0.25) is 0 Å². The number of thiazole rings is 1. The van der Waals surface area contributed by atoms with Gasteiger partial charge in [-0.25, -0.2) is 4.98 Å². The van der Waals surface area contributed by atoms with E-state index in [0.29, 0.717) is 10.5 Å². The molecule has 2 N–H and O–H groups in total. The van der Waals surface area contributed by atoms with E-state index >= 15 is 0 Å². The molecule has 0 fully saturated rings. The van der Waals surface area contributed by atoms with Crippen LogP contribution in [0, 0.1) is 0 Å². The summed E-state index contributed by atoms with van der Waals surface area (Å²) in [4.78, 5) is 4.20. The number of hydrogen-bond acceptors (Lipinski definition) is 3. The Kier molecular flexibility index (Phi) is 3.59. The van der Waals surface area contributed by atoms with Crippen molar-refractivity contribution in [1.82, 2.24) is 4.98 Å². The third-order valence-electron chi connectivity index (χ3n) is 2.65. The third-order valence-corrected chi connectivity index (χ3v) is 3.82. The molecule has 0 saturated heterocycles. The van der Waals surface area contributed by atoms with Gasteiger partial charge in [-0.2, -0.15) is 13.2 Å². The average Bonchev–Trinajstić information content (AvgIpc) is 2.70. The number of nitrogens with two attached hydrogens (primary N) is 1. The van der Waals surface area contributed by atoms with Crippen LogP contribution in [-0.2, 0) is 6.18 Å². The molecule has 18 heavy (non-hydrogen) atoms. The molecule has 0 spiro atoms. The van der Waals surface area contributed by atoms with Gasteiger partial charge >= 0.3 is 6.18 Å². The topological polar surface area (TPSA) is 38.9 Å². The van der Waals surface area contributed by atoms with E-state index in [1.54, 1.807) is 0 Å². The minimum Gasteiger partial charge on any atom is -0.322 e. The van der Waals surface area contributed by atoms with Gasteiger partial charge in [0.25, 0.3) is 0 Å². The van der Waals surface area contributed by atoms with Gasteiger partial charge in [-0.15, -0.1) is 11.3 Å².